The Bertz CT molecular complexity index is 1530. The van der Waals surface area contributed by atoms with E-state index in [1.807, 2.05) is 0 Å². The van der Waals surface area contributed by atoms with Crippen LogP contribution in [0.15, 0.2) is 66.7 Å². The van der Waals surface area contributed by atoms with Gasteiger partial charge in [0.25, 0.3) is 5.91 Å². The van der Waals surface area contributed by atoms with Crippen LogP contribution >= 0.6 is 0 Å². The summed E-state index contributed by atoms with van der Waals surface area (Å²) >= 11 is 0. The van der Waals surface area contributed by atoms with Gasteiger partial charge in [0.05, 0.1) is 36.5 Å². The topological polar surface area (TPSA) is 115 Å². The van der Waals surface area contributed by atoms with Crippen LogP contribution in [0.3, 0.4) is 0 Å². The SMILES string of the molecule is COC(=O)CNc1ccc(Nc2ccccc2CN2C(=O)N(c3ccc(C#N)c(C(F)(F)F)c3)C(=O)C2(C)C)cc1. The number of amides is 3. The fourth-order valence-corrected chi connectivity index (χ4v) is 4.36. The van der Waals surface area contributed by atoms with Gasteiger partial charge in [-0.3, -0.25) is 9.59 Å². The number of nitrogens with zero attached hydrogens (tertiary/aromatic N) is 3. The number of nitriles is 1. The number of nitrogens with one attached hydrogen (secondary N) is 2. The third-order valence-corrected chi connectivity index (χ3v) is 6.68. The molecular formula is C29H26F3N5O4. The number of hydrogen-bond donors (Lipinski definition) is 2. The lowest BCUT2D eigenvalue weighted by Gasteiger charge is -2.28. The van der Waals surface area contributed by atoms with Crippen molar-refractivity contribution in [2.24, 2.45) is 0 Å². The molecule has 12 heteroatoms. The Hall–Kier alpha value is -5.05. The van der Waals surface area contributed by atoms with Crippen molar-refractivity contribution in [2.75, 3.05) is 29.2 Å². The zero-order chi connectivity index (χ0) is 29.9. The van der Waals surface area contributed by atoms with Crippen LogP contribution in [-0.2, 0) is 27.0 Å². The number of ether oxygens (including phenoxy) is 1. The van der Waals surface area contributed by atoms with Crippen molar-refractivity contribution in [1.82, 2.24) is 4.90 Å². The molecule has 0 atom stereocenters. The highest BCUT2D eigenvalue weighted by Gasteiger charge is 2.52. The Morgan fingerprint density at radius 1 is 1.02 bits per heavy atom. The van der Waals surface area contributed by atoms with Crippen LogP contribution in [0.4, 0.5) is 40.7 Å². The molecule has 4 rings (SSSR count). The van der Waals surface area contributed by atoms with E-state index in [1.54, 1.807) is 48.5 Å². The zero-order valence-electron chi connectivity index (χ0n) is 22.4. The van der Waals surface area contributed by atoms with Crippen LogP contribution in [0.1, 0.15) is 30.5 Å². The highest BCUT2D eigenvalue weighted by molar-refractivity contribution is 6.23. The second-order valence-electron chi connectivity index (χ2n) is 9.70. The lowest BCUT2D eigenvalue weighted by Crippen LogP contribution is -2.43. The van der Waals surface area contributed by atoms with Crippen molar-refractivity contribution in [2.45, 2.75) is 32.1 Å². The lowest BCUT2D eigenvalue weighted by molar-refractivity contribution is -0.139. The van der Waals surface area contributed by atoms with E-state index in [0.717, 1.165) is 12.1 Å². The smallest absolute Gasteiger partial charge is 0.417 e. The number of para-hydroxylation sites is 1. The maximum absolute atomic E-state index is 13.6. The molecule has 0 unspecified atom stereocenters. The first-order valence-electron chi connectivity index (χ1n) is 12.4. The van der Waals surface area contributed by atoms with Gasteiger partial charge in [-0.05, 0) is 67.9 Å². The Labute approximate surface area is 234 Å². The van der Waals surface area contributed by atoms with Gasteiger partial charge in [0.15, 0.2) is 0 Å². The Morgan fingerprint density at radius 3 is 2.32 bits per heavy atom. The highest BCUT2D eigenvalue weighted by Crippen LogP contribution is 2.38. The van der Waals surface area contributed by atoms with E-state index < -0.39 is 40.7 Å². The van der Waals surface area contributed by atoms with Gasteiger partial charge in [-0.2, -0.15) is 18.4 Å². The minimum absolute atomic E-state index is 0.0154. The Balaban J connectivity index is 1.58. The molecule has 212 valence electrons. The number of carbonyl (C=O) groups is 3. The summed E-state index contributed by atoms with van der Waals surface area (Å²) in [7, 11) is 1.30. The van der Waals surface area contributed by atoms with Crippen LogP contribution in [0.2, 0.25) is 0 Å². The van der Waals surface area contributed by atoms with Crippen LogP contribution in [0.25, 0.3) is 0 Å². The van der Waals surface area contributed by atoms with Crippen molar-refractivity contribution in [1.29, 1.82) is 5.26 Å². The summed E-state index contributed by atoms with van der Waals surface area (Å²) in [6.07, 6.45) is -4.84. The molecule has 0 aliphatic carbocycles. The average molecular weight is 566 g/mol. The van der Waals surface area contributed by atoms with Crippen molar-refractivity contribution < 1.29 is 32.3 Å². The number of alkyl halides is 3. The number of carbonyl (C=O) groups excluding carboxylic acids is 3. The third-order valence-electron chi connectivity index (χ3n) is 6.68. The summed E-state index contributed by atoms with van der Waals surface area (Å²) in [6, 6.07) is 17.7. The molecular weight excluding hydrogens is 539 g/mol. The maximum atomic E-state index is 13.6. The quantitative estimate of drug-likeness (QED) is 0.268. The summed E-state index contributed by atoms with van der Waals surface area (Å²) in [5.74, 6) is -1.10. The predicted molar refractivity (Wildman–Crippen MR) is 145 cm³/mol. The second kappa shape index (κ2) is 11.2. The van der Waals surface area contributed by atoms with E-state index in [0.29, 0.717) is 33.6 Å². The first-order chi connectivity index (χ1) is 19.4. The molecule has 1 heterocycles. The van der Waals surface area contributed by atoms with Gasteiger partial charge in [0, 0.05) is 17.1 Å². The fourth-order valence-electron chi connectivity index (χ4n) is 4.36. The van der Waals surface area contributed by atoms with Gasteiger partial charge in [0.2, 0.25) is 0 Å². The summed E-state index contributed by atoms with van der Waals surface area (Å²) < 4.78 is 45.3. The molecule has 9 nitrogen and oxygen atoms in total. The lowest BCUT2D eigenvalue weighted by atomic mass is 10.0. The van der Waals surface area contributed by atoms with Gasteiger partial charge < -0.3 is 20.3 Å². The van der Waals surface area contributed by atoms with Crippen molar-refractivity contribution >= 4 is 40.7 Å². The van der Waals surface area contributed by atoms with Gasteiger partial charge in [-0.25, -0.2) is 9.69 Å². The largest absolute Gasteiger partial charge is 0.468 e. The minimum atomic E-state index is -4.84. The minimum Gasteiger partial charge on any atom is -0.468 e. The molecule has 1 aliphatic heterocycles. The molecule has 41 heavy (non-hydrogen) atoms. The summed E-state index contributed by atoms with van der Waals surface area (Å²) in [4.78, 5) is 40.2. The summed E-state index contributed by atoms with van der Waals surface area (Å²) in [5, 5.41) is 15.3. The van der Waals surface area contributed by atoms with E-state index >= 15 is 0 Å². The number of methoxy groups -OCH3 is 1. The maximum Gasteiger partial charge on any atom is 0.417 e. The van der Waals surface area contributed by atoms with E-state index in [9.17, 15) is 27.6 Å². The van der Waals surface area contributed by atoms with Crippen molar-refractivity contribution in [3.05, 3.63) is 83.4 Å². The molecule has 0 bridgehead atoms. The second-order valence-corrected chi connectivity index (χ2v) is 9.70. The van der Waals surface area contributed by atoms with Gasteiger partial charge in [-0.15, -0.1) is 0 Å². The number of urea groups is 1. The number of benzene rings is 3. The standard InChI is InChI=1S/C29H26F3N5O4/c1-28(2)26(39)37(22-13-8-18(15-33)23(14-22)29(30,31)32)27(40)36(28)17-19-6-4-5-7-24(19)35-21-11-9-20(10-12-21)34-16-25(38)41-3/h4-14,34-35H,16-17H2,1-3H3. The number of anilines is 4. The summed E-state index contributed by atoms with van der Waals surface area (Å²) in [6.45, 7) is 3.05. The molecule has 1 saturated heterocycles. The van der Waals surface area contributed by atoms with Crippen LogP contribution in [0.5, 0.6) is 0 Å². The van der Waals surface area contributed by atoms with Crippen molar-refractivity contribution in [3.63, 3.8) is 0 Å². The zero-order valence-corrected chi connectivity index (χ0v) is 22.4. The van der Waals surface area contributed by atoms with E-state index in [4.69, 9.17) is 5.26 Å². The molecule has 0 saturated carbocycles. The van der Waals surface area contributed by atoms with E-state index in [1.165, 1.54) is 31.9 Å². The number of halogens is 3. The molecule has 3 amide bonds. The first kappa shape index (κ1) is 28.9. The Kier molecular flexibility index (Phi) is 7.91. The van der Waals surface area contributed by atoms with E-state index in [2.05, 4.69) is 15.4 Å². The average Bonchev–Trinajstić information content (AvgIpc) is 3.11. The highest BCUT2D eigenvalue weighted by atomic mass is 19.4. The van der Waals surface area contributed by atoms with Gasteiger partial charge in [-0.1, -0.05) is 18.2 Å². The molecule has 0 aromatic heterocycles. The van der Waals surface area contributed by atoms with Crippen LogP contribution < -0.4 is 15.5 Å². The molecule has 1 aliphatic rings. The Morgan fingerprint density at radius 2 is 1.68 bits per heavy atom. The molecule has 1 fully saturated rings. The number of esters is 1. The van der Waals surface area contributed by atoms with Crippen molar-refractivity contribution in [3.8, 4) is 6.07 Å². The molecule has 0 spiro atoms. The predicted octanol–water partition coefficient (Wildman–Crippen LogP) is 5.65. The molecule has 2 N–H and O–H groups in total. The van der Waals surface area contributed by atoms with E-state index in [-0.39, 0.29) is 18.8 Å². The monoisotopic (exact) mass is 565 g/mol. The fraction of sp³-hybridized carbons (Fsp3) is 0.241. The third kappa shape index (κ3) is 5.94. The van der Waals surface area contributed by atoms with Gasteiger partial charge in [0.1, 0.15) is 12.1 Å². The normalized spacial score (nSPS) is 14.6. The van der Waals surface area contributed by atoms with Crippen LogP contribution in [0, 0.1) is 11.3 Å². The van der Waals surface area contributed by atoms with Crippen LogP contribution in [-0.4, -0.2) is 42.0 Å². The number of imide groups is 1. The van der Waals surface area contributed by atoms with Gasteiger partial charge >= 0.3 is 18.2 Å². The number of hydrogen-bond acceptors (Lipinski definition) is 7. The molecule has 0 radical (unpaired) electrons. The first-order valence-corrected chi connectivity index (χ1v) is 12.4. The number of rotatable bonds is 8. The summed E-state index contributed by atoms with van der Waals surface area (Å²) in [5.41, 5.74) is -0.754. The molecule has 3 aromatic carbocycles. The molecule has 3 aromatic rings.